The molecule has 0 radical (unpaired) electrons. The highest BCUT2D eigenvalue weighted by molar-refractivity contribution is 5.83. The molecule has 74 valence electrons. The minimum absolute atomic E-state index is 0.148. The molecule has 0 aliphatic carbocycles. The molecular weight excluding hydrogens is 186 g/mol. The van der Waals surface area contributed by atoms with Gasteiger partial charge in [-0.2, -0.15) is 0 Å². The Kier molecular flexibility index (Phi) is 1.91. The summed E-state index contributed by atoms with van der Waals surface area (Å²) >= 11 is 0. The van der Waals surface area contributed by atoms with Crippen LogP contribution in [0.5, 0.6) is 0 Å². The SMILES string of the molecule is C1=NC(c2ccco2)Cc2ccccc21. The highest BCUT2D eigenvalue weighted by Crippen LogP contribution is 2.27. The van der Waals surface area contributed by atoms with Crippen LogP contribution >= 0.6 is 0 Å². The van der Waals surface area contributed by atoms with Gasteiger partial charge in [-0.15, -0.1) is 0 Å². The van der Waals surface area contributed by atoms with Crippen LogP contribution in [-0.2, 0) is 6.42 Å². The van der Waals surface area contributed by atoms with E-state index in [-0.39, 0.29) is 6.04 Å². The summed E-state index contributed by atoms with van der Waals surface area (Å²) < 4.78 is 5.37. The van der Waals surface area contributed by atoms with E-state index >= 15 is 0 Å². The van der Waals surface area contributed by atoms with Gasteiger partial charge in [0.2, 0.25) is 0 Å². The molecule has 0 saturated carbocycles. The largest absolute Gasteiger partial charge is 0.467 e. The van der Waals surface area contributed by atoms with Crippen LogP contribution in [0.1, 0.15) is 22.9 Å². The lowest BCUT2D eigenvalue weighted by Gasteiger charge is -2.16. The van der Waals surface area contributed by atoms with Crippen molar-refractivity contribution >= 4 is 6.21 Å². The van der Waals surface area contributed by atoms with E-state index in [4.69, 9.17) is 4.42 Å². The molecule has 0 N–H and O–H groups in total. The van der Waals surface area contributed by atoms with Gasteiger partial charge >= 0.3 is 0 Å². The van der Waals surface area contributed by atoms with Gasteiger partial charge in [-0.1, -0.05) is 24.3 Å². The van der Waals surface area contributed by atoms with Crippen LogP contribution in [0.3, 0.4) is 0 Å². The maximum absolute atomic E-state index is 5.37. The van der Waals surface area contributed by atoms with Gasteiger partial charge in [0.25, 0.3) is 0 Å². The first-order chi connectivity index (χ1) is 7.43. The fourth-order valence-electron chi connectivity index (χ4n) is 1.93. The zero-order valence-corrected chi connectivity index (χ0v) is 8.26. The summed E-state index contributed by atoms with van der Waals surface area (Å²) in [5, 5.41) is 0. The zero-order valence-electron chi connectivity index (χ0n) is 8.26. The predicted molar refractivity (Wildman–Crippen MR) is 59.2 cm³/mol. The summed E-state index contributed by atoms with van der Waals surface area (Å²) in [7, 11) is 0. The first kappa shape index (κ1) is 8.48. The van der Waals surface area contributed by atoms with E-state index in [9.17, 15) is 0 Å². The number of nitrogens with zero attached hydrogens (tertiary/aromatic N) is 1. The Balaban J connectivity index is 1.96. The summed E-state index contributed by atoms with van der Waals surface area (Å²) in [5.41, 5.74) is 2.56. The van der Waals surface area contributed by atoms with Crippen molar-refractivity contribution in [2.45, 2.75) is 12.5 Å². The average molecular weight is 197 g/mol. The van der Waals surface area contributed by atoms with Gasteiger partial charge < -0.3 is 4.42 Å². The number of rotatable bonds is 1. The normalized spacial score (nSPS) is 18.8. The van der Waals surface area contributed by atoms with Crippen molar-refractivity contribution in [3.05, 3.63) is 59.5 Å². The molecule has 2 nitrogen and oxygen atoms in total. The third kappa shape index (κ3) is 1.48. The molecule has 1 aliphatic heterocycles. The fraction of sp³-hybridized carbons (Fsp3) is 0.154. The van der Waals surface area contributed by atoms with E-state index in [1.807, 2.05) is 24.4 Å². The second kappa shape index (κ2) is 3.39. The van der Waals surface area contributed by atoms with Crippen molar-refractivity contribution in [2.24, 2.45) is 4.99 Å². The molecule has 2 heteroatoms. The van der Waals surface area contributed by atoms with Crippen LogP contribution in [0, 0.1) is 0 Å². The van der Waals surface area contributed by atoms with Gasteiger partial charge in [0.05, 0.1) is 6.26 Å². The summed E-state index contributed by atoms with van der Waals surface area (Å²) in [6.45, 7) is 0. The Labute approximate surface area is 88.3 Å². The summed E-state index contributed by atoms with van der Waals surface area (Å²) in [5.74, 6) is 0.945. The predicted octanol–water partition coefficient (Wildman–Crippen LogP) is 3.00. The van der Waals surface area contributed by atoms with E-state index in [2.05, 4.69) is 23.2 Å². The third-order valence-electron chi connectivity index (χ3n) is 2.73. The lowest BCUT2D eigenvalue weighted by Crippen LogP contribution is -2.07. The molecule has 15 heavy (non-hydrogen) atoms. The third-order valence-corrected chi connectivity index (χ3v) is 2.73. The fourth-order valence-corrected chi connectivity index (χ4v) is 1.93. The van der Waals surface area contributed by atoms with Gasteiger partial charge in [0, 0.05) is 12.6 Å². The smallest absolute Gasteiger partial charge is 0.128 e. The van der Waals surface area contributed by atoms with Crippen molar-refractivity contribution in [2.75, 3.05) is 0 Å². The number of hydrogen-bond acceptors (Lipinski definition) is 2. The number of fused-ring (bicyclic) bond motifs is 1. The summed E-state index contributed by atoms with van der Waals surface area (Å²) in [6, 6.07) is 12.4. The molecule has 1 aliphatic rings. The molecule has 1 unspecified atom stereocenters. The van der Waals surface area contributed by atoms with Gasteiger partial charge in [0.15, 0.2) is 0 Å². The second-order valence-corrected chi connectivity index (χ2v) is 3.71. The van der Waals surface area contributed by atoms with Crippen molar-refractivity contribution in [3.63, 3.8) is 0 Å². The van der Waals surface area contributed by atoms with E-state index in [0.29, 0.717) is 0 Å². The Hall–Kier alpha value is -1.83. The van der Waals surface area contributed by atoms with Crippen LogP contribution in [0.4, 0.5) is 0 Å². The second-order valence-electron chi connectivity index (χ2n) is 3.71. The van der Waals surface area contributed by atoms with E-state index in [0.717, 1.165) is 12.2 Å². The maximum atomic E-state index is 5.37. The summed E-state index contributed by atoms with van der Waals surface area (Å²) in [4.78, 5) is 4.49. The van der Waals surface area contributed by atoms with E-state index in [1.54, 1.807) is 6.26 Å². The van der Waals surface area contributed by atoms with Gasteiger partial charge in [-0.05, 0) is 23.3 Å². The molecule has 0 saturated heterocycles. The first-order valence-electron chi connectivity index (χ1n) is 5.08. The van der Waals surface area contributed by atoms with Crippen LogP contribution in [0.2, 0.25) is 0 Å². The van der Waals surface area contributed by atoms with Crippen LogP contribution in [0.15, 0.2) is 52.1 Å². The van der Waals surface area contributed by atoms with Crippen LogP contribution < -0.4 is 0 Å². The topological polar surface area (TPSA) is 25.5 Å². The first-order valence-corrected chi connectivity index (χ1v) is 5.08. The molecule has 2 heterocycles. The molecular formula is C13H11NO. The van der Waals surface area contributed by atoms with Crippen molar-refractivity contribution in [1.29, 1.82) is 0 Å². The van der Waals surface area contributed by atoms with Gasteiger partial charge in [-0.3, -0.25) is 4.99 Å². The van der Waals surface area contributed by atoms with Crippen LogP contribution in [-0.4, -0.2) is 6.21 Å². The van der Waals surface area contributed by atoms with Gasteiger partial charge in [-0.25, -0.2) is 0 Å². The molecule has 2 aromatic rings. The number of benzene rings is 1. The van der Waals surface area contributed by atoms with Crippen molar-refractivity contribution in [3.8, 4) is 0 Å². The minimum Gasteiger partial charge on any atom is -0.467 e. The van der Waals surface area contributed by atoms with Crippen molar-refractivity contribution < 1.29 is 4.42 Å². The molecule has 3 rings (SSSR count). The number of aliphatic imine (C=N–C) groups is 1. The Morgan fingerprint density at radius 1 is 1.13 bits per heavy atom. The maximum Gasteiger partial charge on any atom is 0.128 e. The minimum atomic E-state index is 0.148. The van der Waals surface area contributed by atoms with Gasteiger partial charge in [0.1, 0.15) is 11.8 Å². The summed E-state index contributed by atoms with van der Waals surface area (Å²) in [6.07, 6.45) is 4.57. The van der Waals surface area contributed by atoms with E-state index in [1.165, 1.54) is 11.1 Å². The van der Waals surface area contributed by atoms with Crippen LogP contribution in [0.25, 0.3) is 0 Å². The van der Waals surface area contributed by atoms with E-state index < -0.39 is 0 Å². The molecule has 0 fully saturated rings. The average Bonchev–Trinajstić information content (AvgIpc) is 2.82. The Morgan fingerprint density at radius 2 is 2.07 bits per heavy atom. The quantitative estimate of drug-likeness (QED) is 0.690. The number of hydrogen-bond donors (Lipinski definition) is 0. The molecule has 1 aromatic heterocycles. The molecule has 0 amide bonds. The monoisotopic (exact) mass is 197 g/mol. The highest BCUT2D eigenvalue weighted by Gasteiger charge is 2.17. The molecule has 0 spiro atoms. The standard InChI is InChI=1S/C13H11NO/c1-2-5-11-9-14-12(8-10(11)4-1)13-6-3-7-15-13/h1-7,9,12H,8H2. The number of furan rings is 1. The lowest BCUT2D eigenvalue weighted by molar-refractivity contribution is 0.465. The molecule has 1 atom stereocenters. The lowest BCUT2D eigenvalue weighted by atomic mass is 9.97. The molecule has 1 aromatic carbocycles. The zero-order chi connectivity index (χ0) is 10.1. The van der Waals surface area contributed by atoms with Crippen molar-refractivity contribution in [1.82, 2.24) is 0 Å². The Morgan fingerprint density at radius 3 is 2.93 bits per heavy atom. The Bertz CT molecular complexity index is 485. The highest BCUT2D eigenvalue weighted by atomic mass is 16.3. The molecule has 0 bridgehead atoms.